The second-order valence-electron chi connectivity index (χ2n) is 2.69. The molecule has 0 spiro atoms. The Kier molecular flexibility index (Phi) is 2.27. The molecule has 0 aliphatic heterocycles. The van der Waals surface area contributed by atoms with Crippen LogP contribution >= 0.6 is 0 Å². The van der Waals surface area contributed by atoms with E-state index in [2.05, 4.69) is 20.7 Å². The van der Waals surface area contributed by atoms with Crippen LogP contribution in [0.5, 0.6) is 0 Å². The van der Waals surface area contributed by atoms with E-state index >= 15 is 0 Å². The van der Waals surface area contributed by atoms with Crippen molar-refractivity contribution in [1.82, 2.24) is 20.7 Å². The maximum absolute atomic E-state index is 11.2. The van der Waals surface area contributed by atoms with Crippen LogP contribution in [0.15, 0.2) is 0 Å². The zero-order chi connectivity index (χ0) is 9.14. The van der Waals surface area contributed by atoms with Crippen molar-refractivity contribution in [3.8, 4) is 0 Å². The van der Waals surface area contributed by atoms with Crippen LogP contribution in [-0.4, -0.2) is 27.4 Å². The number of hydrogen-bond donors (Lipinski definition) is 3. The highest BCUT2D eigenvalue weighted by Crippen LogP contribution is 2.01. The summed E-state index contributed by atoms with van der Waals surface area (Å²) >= 11 is 0. The van der Waals surface area contributed by atoms with Crippen molar-refractivity contribution >= 4 is 11.7 Å². The summed E-state index contributed by atoms with van der Waals surface area (Å²) < 4.78 is 0. The minimum Gasteiger partial charge on any atom is -0.380 e. The molecule has 12 heavy (non-hydrogen) atoms. The van der Waals surface area contributed by atoms with Crippen LogP contribution in [0.4, 0.5) is 5.82 Å². The van der Waals surface area contributed by atoms with Gasteiger partial charge in [-0.1, -0.05) is 0 Å². The van der Waals surface area contributed by atoms with Gasteiger partial charge >= 0.3 is 0 Å². The number of rotatable bonds is 2. The maximum atomic E-state index is 11.2. The standard InChI is InChI=1S/C6H11N5O/c1-3(2)8-6(12)4-5(7)10-11-9-4/h3H,1-2H3,(H,8,12)(H3,7,9,10,11). The predicted molar refractivity (Wildman–Crippen MR) is 43.4 cm³/mol. The monoisotopic (exact) mass is 169 g/mol. The smallest absolute Gasteiger partial charge is 0.275 e. The second-order valence-corrected chi connectivity index (χ2v) is 2.69. The van der Waals surface area contributed by atoms with Crippen molar-refractivity contribution in [2.24, 2.45) is 0 Å². The lowest BCUT2D eigenvalue weighted by atomic mass is 10.3. The largest absolute Gasteiger partial charge is 0.380 e. The fourth-order valence-electron chi connectivity index (χ4n) is 0.737. The molecule has 66 valence electrons. The van der Waals surface area contributed by atoms with E-state index in [4.69, 9.17) is 5.73 Å². The number of amides is 1. The normalized spacial score (nSPS) is 10.2. The lowest BCUT2D eigenvalue weighted by Crippen LogP contribution is -2.30. The minimum absolute atomic E-state index is 0.0635. The van der Waals surface area contributed by atoms with E-state index in [9.17, 15) is 4.79 Å². The van der Waals surface area contributed by atoms with Crippen LogP contribution < -0.4 is 11.1 Å². The Balaban J connectivity index is 2.72. The lowest BCUT2D eigenvalue weighted by Gasteiger charge is -2.05. The van der Waals surface area contributed by atoms with Gasteiger partial charge < -0.3 is 11.1 Å². The predicted octanol–water partition coefficient (Wildman–Crippen LogP) is -0.475. The molecule has 0 radical (unpaired) electrons. The Labute approximate surface area is 69.5 Å². The lowest BCUT2D eigenvalue weighted by molar-refractivity contribution is 0.0939. The van der Waals surface area contributed by atoms with Gasteiger partial charge in [-0.3, -0.25) is 4.79 Å². The molecule has 1 amide bonds. The third-order valence-corrected chi connectivity index (χ3v) is 1.21. The van der Waals surface area contributed by atoms with Crippen molar-refractivity contribution in [1.29, 1.82) is 0 Å². The average molecular weight is 169 g/mol. The summed E-state index contributed by atoms with van der Waals surface area (Å²) in [7, 11) is 0. The molecule has 0 aliphatic carbocycles. The summed E-state index contributed by atoms with van der Waals surface area (Å²) in [5.41, 5.74) is 5.49. The molecule has 0 atom stereocenters. The summed E-state index contributed by atoms with van der Waals surface area (Å²) in [5.74, 6) is -0.190. The zero-order valence-electron chi connectivity index (χ0n) is 6.96. The first-order valence-electron chi connectivity index (χ1n) is 3.58. The molecular formula is C6H11N5O. The van der Waals surface area contributed by atoms with E-state index in [1.165, 1.54) is 0 Å². The van der Waals surface area contributed by atoms with Gasteiger partial charge in [0.15, 0.2) is 11.5 Å². The molecule has 6 heteroatoms. The van der Waals surface area contributed by atoms with Crippen molar-refractivity contribution < 1.29 is 4.79 Å². The molecule has 6 nitrogen and oxygen atoms in total. The number of nitrogen functional groups attached to an aromatic ring is 1. The van der Waals surface area contributed by atoms with Gasteiger partial charge in [-0.05, 0) is 13.8 Å². The van der Waals surface area contributed by atoms with E-state index in [-0.39, 0.29) is 23.5 Å². The van der Waals surface area contributed by atoms with Gasteiger partial charge in [-0.25, -0.2) is 0 Å². The molecule has 4 N–H and O–H groups in total. The van der Waals surface area contributed by atoms with Crippen LogP contribution in [0, 0.1) is 0 Å². The third kappa shape index (κ3) is 1.71. The van der Waals surface area contributed by atoms with Crippen molar-refractivity contribution in [3.63, 3.8) is 0 Å². The van der Waals surface area contributed by atoms with Gasteiger partial charge in [0.1, 0.15) is 0 Å². The molecule has 0 aliphatic rings. The fraction of sp³-hybridized carbons (Fsp3) is 0.500. The highest BCUT2D eigenvalue weighted by molar-refractivity contribution is 5.96. The van der Waals surface area contributed by atoms with Crippen LogP contribution in [-0.2, 0) is 0 Å². The van der Waals surface area contributed by atoms with E-state index in [1.807, 2.05) is 13.8 Å². The first-order chi connectivity index (χ1) is 5.61. The molecule has 0 saturated heterocycles. The number of aromatic amines is 1. The molecule has 0 bridgehead atoms. The van der Waals surface area contributed by atoms with Crippen LogP contribution in [0.1, 0.15) is 24.3 Å². The van der Waals surface area contributed by atoms with Crippen molar-refractivity contribution in [2.75, 3.05) is 5.73 Å². The molecular weight excluding hydrogens is 158 g/mol. The maximum Gasteiger partial charge on any atom is 0.275 e. The highest BCUT2D eigenvalue weighted by atomic mass is 16.2. The quantitative estimate of drug-likeness (QED) is 0.557. The molecule has 1 aromatic rings. The number of H-pyrrole nitrogens is 1. The first-order valence-corrected chi connectivity index (χ1v) is 3.58. The van der Waals surface area contributed by atoms with Gasteiger partial charge in [0, 0.05) is 6.04 Å². The Hall–Kier alpha value is -1.59. The first kappa shape index (κ1) is 8.51. The molecule has 1 aromatic heterocycles. The molecule has 0 aromatic carbocycles. The third-order valence-electron chi connectivity index (χ3n) is 1.21. The Morgan fingerprint density at radius 2 is 2.25 bits per heavy atom. The van der Waals surface area contributed by atoms with Crippen LogP contribution in [0.25, 0.3) is 0 Å². The van der Waals surface area contributed by atoms with Crippen molar-refractivity contribution in [3.05, 3.63) is 5.69 Å². The van der Waals surface area contributed by atoms with Gasteiger partial charge in [-0.2, -0.15) is 5.21 Å². The van der Waals surface area contributed by atoms with E-state index in [0.717, 1.165) is 0 Å². The molecule has 0 unspecified atom stereocenters. The number of nitrogens with two attached hydrogens (primary N) is 1. The van der Waals surface area contributed by atoms with E-state index in [1.54, 1.807) is 0 Å². The number of carbonyl (C=O) groups excluding carboxylic acids is 1. The number of carbonyl (C=O) groups is 1. The van der Waals surface area contributed by atoms with Crippen molar-refractivity contribution in [2.45, 2.75) is 19.9 Å². The number of nitrogens with zero attached hydrogens (tertiary/aromatic N) is 2. The minimum atomic E-state index is -0.309. The van der Waals surface area contributed by atoms with Gasteiger partial charge in [0.25, 0.3) is 5.91 Å². The Morgan fingerprint density at radius 1 is 1.58 bits per heavy atom. The number of nitrogens with one attached hydrogen (secondary N) is 2. The van der Waals surface area contributed by atoms with Crippen LogP contribution in [0.2, 0.25) is 0 Å². The average Bonchev–Trinajstić information content (AvgIpc) is 2.33. The van der Waals surface area contributed by atoms with E-state index in [0.29, 0.717) is 0 Å². The molecule has 1 rings (SSSR count). The summed E-state index contributed by atoms with van der Waals surface area (Å²) in [6, 6.07) is 0.0635. The van der Waals surface area contributed by atoms with Gasteiger partial charge in [0.2, 0.25) is 0 Å². The highest BCUT2D eigenvalue weighted by Gasteiger charge is 2.13. The fourth-order valence-corrected chi connectivity index (χ4v) is 0.737. The summed E-state index contributed by atoms with van der Waals surface area (Å²) in [6.45, 7) is 3.71. The summed E-state index contributed by atoms with van der Waals surface area (Å²) in [6.07, 6.45) is 0. The Bertz CT molecular complexity index is 279. The topological polar surface area (TPSA) is 96.7 Å². The zero-order valence-corrected chi connectivity index (χ0v) is 6.96. The summed E-state index contributed by atoms with van der Waals surface area (Å²) in [4.78, 5) is 11.2. The molecule has 1 heterocycles. The van der Waals surface area contributed by atoms with Gasteiger partial charge in [0.05, 0.1) is 0 Å². The number of hydrogen-bond acceptors (Lipinski definition) is 4. The SMILES string of the molecule is CC(C)NC(=O)c1n[nH]nc1N. The molecule has 0 fully saturated rings. The van der Waals surface area contributed by atoms with Crippen LogP contribution in [0.3, 0.4) is 0 Å². The Morgan fingerprint density at radius 3 is 2.67 bits per heavy atom. The number of aromatic nitrogens is 3. The van der Waals surface area contributed by atoms with E-state index < -0.39 is 0 Å². The second kappa shape index (κ2) is 3.21. The molecule has 0 saturated carbocycles. The van der Waals surface area contributed by atoms with Gasteiger partial charge in [-0.15, -0.1) is 10.2 Å². The number of anilines is 1. The summed E-state index contributed by atoms with van der Waals surface area (Å²) in [5, 5.41) is 12.0.